The van der Waals surface area contributed by atoms with Crippen molar-refractivity contribution in [1.29, 1.82) is 0 Å². The average Bonchev–Trinajstić information content (AvgIpc) is 2.77. The molecular formula is C16H23NO4S. The molecule has 1 aliphatic heterocycles. The Hall–Kier alpha value is -1.37. The molecule has 0 saturated carbocycles. The van der Waals surface area contributed by atoms with E-state index in [1.807, 2.05) is 13.8 Å². The third-order valence-corrected chi connectivity index (χ3v) is 6.24. The summed E-state index contributed by atoms with van der Waals surface area (Å²) < 4.78 is 32.2. The second kappa shape index (κ2) is 6.02. The van der Waals surface area contributed by atoms with Gasteiger partial charge in [-0.2, -0.15) is 4.31 Å². The molecule has 6 heteroatoms. The molecule has 1 aromatic rings. The Labute approximate surface area is 132 Å². The summed E-state index contributed by atoms with van der Waals surface area (Å²) in [5.41, 5.74) is -0.269. The first-order valence-electron chi connectivity index (χ1n) is 7.17. The van der Waals surface area contributed by atoms with Crippen molar-refractivity contribution in [3.05, 3.63) is 36.9 Å². The molecule has 0 radical (unpaired) electrons. The molecular weight excluding hydrogens is 302 g/mol. The van der Waals surface area contributed by atoms with E-state index in [1.54, 1.807) is 18.2 Å². The summed E-state index contributed by atoms with van der Waals surface area (Å²) in [6.07, 6.45) is 1.74. The lowest BCUT2D eigenvalue weighted by molar-refractivity contribution is 0.190. The lowest BCUT2D eigenvalue weighted by Gasteiger charge is -2.26. The fraction of sp³-hybridized carbons (Fsp3) is 0.500. The van der Waals surface area contributed by atoms with E-state index in [0.717, 1.165) is 0 Å². The number of methoxy groups -OCH3 is 1. The van der Waals surface area contributed by atoms with Crippen molar-refractivity contribution in [2.75, 3.05) is 20.3 Å². The predicted octanol–water partition coefficient (Wildman–Crippen LogP) is 1.89. The van der Waals surface area contributed by atoms with Gasteiger partial charge in [0.1, 0.15) is 5.75 Å². The van der Waals surface area contributed by atoms with Crippen molar-refractivity contribution >= 4 is 10.0 Å². The maximum atomic E-state index is 12.9. The Kier molecular flexibility index (Phi) is 4.65. The smallest absolute Gasteiger partial charge is 0.243 e. The standard InChI is InChI=1S/C16H23NO4S/c1-5-14-15(10-18)17(11-16(14,2)3)22(19,20)13-8-6-12(21-4)7-9-13/h5-9,14-15,18H,1,10-11H2,2-4H3/t14-,15-/m0/s1. The second-order valence-corrected chi connectivity index (χ2v) is 8.12. The van der Waals surface area contributed by atoms with Gasteiger partial charge in [0.25, 0.3) is 0 Å². The fourth-order valence-corrected chi connectivity index (χ4v) is 4.96. The molecule has 2 rings (SSSR count). The highest BCUT2D eigenvalue weighted by Gasteiger charge is 2.49. The maximum absolute atomic E-state index is 12.9. The molecule has 1 N–H and O–H groups in total. The molecule has 1 heterocycles. The fourth-order valence-electron chi connectivity index (χ4n) is 3.15. The number of benzene rings is 1. The second-order valence-electron chi connectivity index (χ2n) is 6.23. The summed E-state index contributed by atoms with van der Waals surface area (Å²) in [5.74, 6) is 0.508. The molecule has 1 aliphatic rings. The van der Waals surface area contributed by atoms with Crippen molar-refractivity contribution in [2.45, 2.75) is 24.8 Å². The monoisotopic (exact) mass is 325 g/mol. The van der Waals surface area contributed by atoms with Crippen LogP contribution >= 0.6 is 0 Å². The predicted molar refractivity (Wildman–Crippen MR) is 85.2 cm³/mol. The quantitative estimate of drug-likeness (QED) is 0.840. The topological polar surface area (TPSA) is 66.8 Å². The molecule has 122 valence electrons. The van der Waals surface area contributed by atoms with Crippen LogP contribution in [0.25, 0.3) is 0 Å². The number of nitrogens with zero attached hydrogens (tertiary/aromatic N) is 1. The lowest BCUT2D eigenvalue weighted by Crippen LogP contribution is -2.39. The van der Waals surface area contributed by atoms with E-state index < -0.39 is 16.1 Å². The van der Waals surface area contributed by atoms with Gasteiger partial charge >= 0.3 is 0 Å². The number of rotatable bonds is 5. The summed E-state index contributed by atoms with van der Waals surface area (Å²) >= 11 is 0. The van der Waals surface area contributed by atoms with Crippen molar-refractivity contribution in [2.24, 2.45) is 11.3 Å². The van der Waals surface area contributed by atoms with E-state index >= 15 is 0 Å². The minimum atomic E-state index is -3.67. The Bertz CT molecular complexity index is 637. The number of hydrogen-bond acceptors (Lipinski definition) is 4. The number of aliphatic hydroxyl groups is 1. The van der Waals surface area contributed by atoms with Gasteiger partial charge in [-0.05, 0) is 29.7 Å². The molecule has 5 nitrogen and oxygen atoms in total. The van der Waals surface area contributed by atoms with E-state index in [0.29, 0.717) is 12.3 Å². The Morgan fingerprint density at radius 2 is 2.00 bits per heavy atom. The van der Waals surface area contributed by atoms with Crippen molar-refractivity contribution in [3.63, 3.8) is 0 Å². The van der Waals surface area contributed by atoms with Gasteiger partial charge in [0.2, 0.25) is 10.0 Å². The van der Waals surface area contributed by atoms with Crippen LogP contribution in [0.3, 0.4) is 0 Å². The molecule has 0 amide bonds. The van der Waals surface area contributed by atoms with Gasteiger partial charge in [-0.15, -0.1) is 6.58 Å². The highest BCUT2D eigenvalue weighted by atomic mass is 32.2. The minimum Gasteiger partial charge on any atom is -0.497 e. The third kappa shape index (κ3) is 2.78. The van der Waals surface area contributed by atoms with Crippen LogP contribution in [0.15, 0.2) is 41.8 Å². The average molecular weight is 325 g/mol. The Morgan fingerprint density at radius 1 is 1.41 bits per heavy atom. The summed E-state index contributed by atoms with van der Waals surface area (Å²) in [7, 11) is -2.14. The van der Waals surface area contributed by atoms with Crippen LogP contribution in [-0.2, 0) is 10.0 Å². The van der Waals surface area contributed by atoms with Crippen LogP contribution in [0.5, 0.6) is 5.75 Å². The molecule has 0 aliphatic carbocycles. The summed E-state index contributed by atoms with van der Waals surface area (Å²) in [6.45, 7) is 7.91. The number of aliphatic hydroxyl groups excluding tert-OH is 1. The molecule has 1 fully saturated rings. The highest BCUT2D eigenvalue weighted by molar-refractivity contribution is 7.89. The molecule has 1 saturated heterocycles. The molecule has 22 heavy (non-hydrogen) atoms. The summed E-state index contributed by atoms with van der Waals surface area (Å²) in [4.78, 5) is 0.201. The van der Waals surface area contributed by atoms with Crippen LogP contribution in [0.2, 0.25) is 0 Å². The number of sulfonamides is 1. The third-order valence-electron chi connectivity index (χ3n) is 4.36. The molecule has 2 atom stereocenters. The van der Waals surface area contributed by atoms with Gasteiger partial charge in [-0.25, -0.2) is 8.42 Å². The molecule has 0 bridgehead atoms. The first kappa shape index (κ1) is 17.0. The van der Waals surface area contributed by atoms with Gasteiger partial charge in [-0.1, -0.05) is 19.9 Å². The van der Waals surface area contributed by atoms with Crippen LogP contribution in [-0.4, -0.2) is 44.1 Å². The van der Waals surface area contributed by atoms with E-state index in [-0.39, 0.29) is 22.8 Å². The SMILES string of the molecule is C=C[C@H]1[C@H](CO)N(S(=O)(=O)c2ccc(OC)cc2)CC1(C)C. The van der Waals surface area contributed by atoms with E-state index in [9.17, 15) is 13.5 Å². The highest BCUT2D eigenvalue weighted by Crippen LogP contribution is 2.43. The summed E-state index contributed by atoms with van der Waals surface area (Å²) in [6, 6.07) is 5.80. The van der Waals surface area contributed by atoms with Gasteiger partial charge in [-0.3, -0.25) is 0 Å². The zero-order chi connectivity index (χ0) is 16.5. The Balaban J connectivity index is 2.41. The zero-order valence-corrected chi connectivity index (χ0v) is 14.0. The normalized spacial score (nSPS) is 25.1. The van der Waals surface area contributed by atoms with E-state index in [2.05, 4.69) is 6.58 Å². The van der Waals surface area contributed by atoms with E-state index in [4.69, 9.17) is 4.74 Å². The van der Waals surface area contributed by atoms with Crippen LogP contribution in [0.4, 0.5) is 0 Å². The lowest BCUT2D eigenvalue weighted by atomic mass is 9.79. The van der Waals surface area contributed by atoms with Crippen LogP contribution < -0.4 is 4.74 Å². The number of ether oxygens (including phenoxy) is 1. The van der Waals surface area contributed by atoms with Gasteiger partial charge in [0.15, 0.2) is 0 Å². The van der Waals surface area contributed by atoms with E-state index in [1.165, 1.54) is 23.5 Å². The maximum Gasteiger partial charge on any atom is 0.243 e. The van der Waals surface area contributed by atoms with Gasteiger partial charge < -0.3 is 9.84 Å². The van der Waals surface area contributed by atoms with Gasteiger partial charge in [0.05, 0.1) is 24.7 Å². The van der Waals surface area contributed by atoms with Crippen LogP contribution in [0.1, 0.15) is 13.8 Å². The van der Waals surface area contributed by atoms with Crippen LogP contribution in [0, 0.1) is 11.3 Å². The molecule has 0 spiro atoms. The first-order chi connectivity index (χ1) is 10.3. The molecule has 0 unspecified atom stereocenters. The molecule has 0 aromatic heterocycles. The summed E-state index contributed by atoms with van der Waals surface area (Å²) in [5, 5.41) is 9.69. The zero-order valence-electron chi connectivity index (χ0n) is 13.2. The minimum absolute atomic E-state index is 0.0921. The van der Waals surface area contributed by atoms with Gasteiger partial charge in [0, 0.05) is 12.5 Å². The van der Waals surface area contributed by atoms with Crippen molar-refractivity contribution in [1.82, 2.24) is 4.31 Å². The number of hydrogen-bond donors (Lipinski definition) is 1. The Morgan fingerprint density at radius 3 is 2.45 bits per heavy atom. The van der Waals surface area contributed by atoms with Crippen molar-refractivity contribution in [3.8, 4) is 5.75 Å². The van der Waals surface area contributed by atoms with Crippen molar-refractivity contribution < 1.29 is 18.3 Å². The first-order valence-corrected chi connectivity index (χ1v) is 8.61. The largest absolute Gasteiger partial charge is 0.497 e. The molecule has 1 aromatic carbocycles.